The fraction of sp³-hybridized carbons (Fsp3) is 0.0877. The fourth-order valence-electron chi connectivity index (χ4n) is 8.05. The van der Waals surface area contributed by atoms with E-state index in [-0.39, 0.29) is 36.3 Å². The molecule has 0 saturated heterocycles. The molecule has 0 fully saturated rings. The van der Waals surface area contributed by atoms with Crippen LogP contribution in [-0.4, -0.2) is 97.1 Å². The van der Waals surface area contributed by atoms with Gasteiger partial charge in [-0.3, -0.25) is 14.3 Å². The van der Waals surface area contributed by atoms with E-state index in [9.17, 15) is 24.3 Å². The first-order chi connectivity index (χ1) is 40.3. The molecule has 5 aromatic heterocycles. The Morgan fingerprint density at radius 1 is 0.607 bits per heavy atom. The number of nitrogens with one attached hydrogen (secondary N) is 4. The fourth-order valence-corrected chi connectivity index (χ4v) is 9.37. The number of aromatic nitrogens is 8. The molecule has 6 aromatic carbocycles. The van der Waals surface area contributed by atoms with E-state index in [1.54, 1.807) is 137 Å². The lowest BCUT2D eigenvalue weighted by molar-refractivity contribution is -0.140. The molecule has 0 radical (unpaired) electrons. The molecule has 424 valence electrons. The second-order valence-corrected chi connectivity index (χ2v) is 19.1. The van der Waals surface area contributed by atoms with Crippen LogP contribution >= 0.6 is 35.1 Å². The molecule has 12 rings (SSSR count). The SMILES string of the molecule is COc1ccc(Nc2nc(-c3cccc(C(=O)Nc4ccc(-c5noc(=O)[nH]5)cc4)c3)nc3scnc23)cc1OC.COc1ccc(Nc2nc(-c3cccc(C(=O)O)c3)nc3scnc23)cc1OC.Cl.Nc1ccc(C2=NOC(=O)C2)cc1. The molecule has 27 heteroatoms. The molecule has 1 aliphatic heterocycles. The zero-order chi connectivity index (χ0) is 58.0. The molecule has 11 aromatic rings. The number of benzene rings is 6. The molecule has 1 amide bonds. The van der Waals surface area contributed by atoms with Gasteiger partial charge in [0, 0.05) is 62.7 Å². The average Bonchev–Trinajstić information content (AvgIpc) is 4.27. The molecule has 7 N–H and O–H groups in total. The van der Waals surface area contributed by atoms with E-state index >= 15 is 0 Å². The smallest absolute Gasteiger partial charge is 0.439 e. The Balaban J connectivity index is 0.000000170. The molecular weight excluding hydrogens is 1140 g/mol. The second-order valence-electron chi connectivity index (χ2n) is 17.4. The lowest BCUT2D eigenvalue weighted by atomic mass is 10.1. The number of H-pyrrole nitrogens is 1. The van der Waals surface area contributed by atoms with Crippen LogP contribution in [0.1, 0.15) is 32.7 Å². The van der Waals surface area contributed by atoms with Gasteiger partial charge in [-0.05, 0) is 84.9 Å². The predicted molar refractivity (Wildman–Crippen MR) is 320 cm³/mol. The molecule has 1 aliphatic rings. The third-order valence-electron chi connectivity index (χ3n) is 12.1. The highest BCUT2D eigenvalue weighted by Crippen LogP contribution is 2.36. The number of carboxylic acid groups (broad SMARTS) is 1. The maximum absolute atomic E-state index is 13.1. The number of carbonyl (C=O) groups is 3. The van der Waals surface area contributed by atoms with Crippen LogP contribution in [0.4, 0.5) is 34.4 Å². The number of anilines is 6. The number of nitrogens with two attached hydrogens (primary N) is 1. The van der Waals surface area contributed by atoms with Crippen LogP contribution < -0.4 is 46.4 Å². The first kappa shape index (κ1) is 57.8. The van der Waals surface area contributed by atoms with Crippen LogP contribution in [-0.2, 0) is 9.63 Å². The summed E-state index contributed by atoms with van der Waals surface area (Å²) in [5.41, 5.74) is 16.9. The maximum atomic E-state index is 13.1. The van der Waals surface area contributed by atoms with E-state index in [2.05, 4.69) is 65.5 Å². The van der Waals surface area contributed by atoms with Crippen LogP contribution in [0.5, 0.6) is 23.0 Å². The molecule has 0 spiro atoms. The van der Waals surface area contributed by atoms with E-state index in [4.69, 9.17) is 29.7 Å². The Kier molecular flexibility index (Phi) is 18.0. The van der Waals surface area contributed by atoms with Gasteiger partial charge in [-0.25, -0.2) is 44.3 Å². The zero-order valence-corrected chi connectivity index (χ0v) is 46.9. The molecule has 0 saturated carbocycles. The normalized spacial score (nSPS) is 11.4. The van der Waals surface area contributed by atoms with Crippen LogP contribution in [0, 0.1) is 0 Å². The van der Waals surface area contributed by atoms with Crippen molar-refractivity contribution in [3.05, 3.63) is 172 Å². The Bertz CT molecular complexity index is 4290. The van der Waals surface area contributed by atoms with Gasteiger partial charge in [0.05, 0.1) is 57.2 Å². The summed E-state index contributed by atoms with van der Waals surface area (Å²) in [5.74, 6) is 2.29. The quantitative estimate of drug-likeness (QED) is 0.0410. The van der Waals surface area contributed by atoms with Gasteiger partial charge in [0.25, 0.3) is 5.91 Å². The lowest BCUT2D eigenvalue weighted by Crippen LogP contribution is -2.12. The summed E-state index contributed by atoms with van der Waals surface area (Å²) in [4.78, 5) is 82.0. The monoisotopic (exact) mass is 1190 g/mol. The highest BCUT2D eigenvalue weighted by Gasteiger charge is 2.20. The molecule has 0 atom stereocenters. The Morgan fingerprint density at radius 3 is 1.61 bits per heavy atom. The zero-order valence-electron chi connectivity index (χ0n) is 44.5. The van der Waals surface area contributed by atoms with Crippen molar-refractivity contribution < 1.29 is 47.8 Å². The largest absolute Gasteiger partial charge is 0.493 e. The number of carboxylic acids is 1. The minimum absolute atomic E-state index is 0. The summed E-state index contributed by atoms with van der Waals surface area (Å²) >= 11 is 2.77. The number of hydrogen-bond donors (Lipinski definition) is 6. The summed E-state index contributed by atoms with van der Waals surface area (Å²) in [6.07, 6.45) is 0.240. The van der Waals surface area contributed by atoms with Crippen LogP contribution in [0.3, 0.4) is 0 Å². The topological polar surface area (TPSA) is 328 Å². The van der Waals surface area contributed by atoms with Crippen molar-refractivity contribution in [2.45, 2.75) is 6.42 Å². The van der Waals surface area contributed by atoms with Crippen LogP contribution in [0.25, 0.3) is 54.9 Å². The van der Waals surface area contributed by atoms with Gasteiger partial charge in [0.15, 0.2) is 52.1 Å². The Morgan fingerprint density at radius 2 is 1.12 bits per heavy atom. The summed E-state index contributed by atoms with van der Waals surface area (Å²) in [6.45, 7) is 0. The molecule has 0 aliphatic carbocycles. The first-order valence-corrected chi connectivity index (χ1v) is 26.4. The van der Waals surface area contributed by atoms with Gasteiger partial charge in [0.1, 0.15) is 20.7 Å². The van der Waals surface area contributed by atoms with E-state index < -0.39 is 11.7 Å². The summed E-state index contributed by atoms with van der Waals surface area (Å²) in [6, 6.07) is 38.4. The van der Waals surface area contributed by atoms with Gasteiger partial charge >= 0.3 is 17.7 Å². The number of carbonyl (C=O) groups excluding carboxylic acids is 2. The minimum atomic E-state index is -1.01. The standard InChI is InChI=1S/C28H21N7O5S.C20H16N4O4S.C9H8N2O2.ClH/c1-38-20-11-10-19(13-21(20)39-2)30-25-22-27(41-14-29-22)33-23(32-25)16-4-3-5-17(12-16)26(36)31-18-8-6-15(7-9-18)24-34-28(37)40-35-24;1-27-14-7-6-13(9-15(14)28-2)22-18-16-19(29-10-21-16)24-17(23-18)11-4-3-5-12(8-11)20(25)26;10-7-3-1-6(2-4-7)8-5-9(12)13-11-8;/h3-14H,1-2H3,(H,31,36)(H,30,32,33)(H,34,35,37);3-10H,1-2H3,(H,25,26)(H,22,23,24);1-4H,5,10H2;1H. The number of nitrogen functional groups attached to an aromatic ring is 1. The number of hydrogen-bond acceptors (Lipinski definition) is 23. The van der Waals surface area contributed by atoms with Crippen LogP contribution in [0.2, 0.25) is 0 Å². The number of nitrogens with zero attached hydrogens (tertiary/aromatic N) is 8. The van der Waals surface area contributed by atoms with Crippen molar-refractivity contribution in [1.82, 2.24) is 40.0 Å². The van der Waals surface area contributed by atoms with Crippen molar-refractivity contribution in [3.8, 4) is 57.2 Å². The van der Waals surface area contributed by atoms with Crippen molar-refractivity contribution in [2.75, 3.05) is 50.1 Å². The third-order valence-corrected chi connectivity index (χ3v) is 13.5. The van der Waals surface area contributed by atoms with E-state index in [1.807, 2.05) is 30.3 Å². The summed E-state index contributed by atoms with van der Waals surface area (Å²) < 4.78 is 25.9. The van der Waals surface area contributed by atoms with Crippen molar-refractivity contribution in [1.29, 1.82) is 0 Å². The maximum Gasteiger partial charge on any atom is 0.439 e. The number of rotatable bonds is 15. The predicted octanol–water partition coefficient (Wildman–Crippen LogP) is 10.7. The Labute approximate surface area is 489 Å². The van der Waals surface area contributed by atoms with Crippen molar-refractivity contribution >= 4 is 114 Å². The molecular formula is C57H46ClN13O11S2. The number of aromatic carboxylic acids is 1. The van der Waals surface area contributed by atoms with Gasteiger partial charge in [-0.15, -0.1) is 35.1 Å². The molecule has 0 unspecified atom stereocenters. The van der Waals surface area contributed by atoms with Gasteiger partial charge in [-0.2, -0.15) is 0 Å². The van der Waals surface area contributed by atoms with Gasteiger partial charge < -0.3 is 50.6 Å². The summed E-state index contributed by atoms with van der Waals surface area (Å²) in [5, 5.41) is 26.0. The van der Waals surface area contributed by atoms with E-state index in [0.717, 1.165) is 16.9 Å². The average molecular weight is 1190 g/mol. The minimum Gasteiger partial charge on any atom is -0.493 e. The number of thiazole rings is 2. The molecule has 6 heterocycles. The lowest BCUT2D eigenvalue weighted by Gasteiger charge is -2.12. The van der Waals surface area contributed by atoms with Crippen LogP contribution in [0.15, 0.2) is 159 Å². The second kappa shape index (κ2) is 26.2. The molecule has 84 heavy (non-hydrogen) atoms. The van der Waals surface area contributed by atoms with E-state index in [1.165, 1.54) is 28.7 Å². The Hall–Kier alpha value is -10.8. The molecule has 0 bridgehead atoms. The number of amides is 1. The number of fused-ring (bicyclic) bond motifs is 2. The highest BCUT2D eigenvalue weighted by molar-refractivity contribution is 7.16. The number of ether oxygens (including phenoxy) is 4. The van der Waals surface area contributed by atoms with E-state index in [0.29, 0.717) is 112 Å². The third kappa shape index (κ3) is 13.5. The van der Waals surface area contributed by atoms with Gasteiger partial charge in [-0.1, -0.05) is 46.7 Å². The van der Waals surface area contributed by atoms with Crippen molar-refractivity contribution in [2.24, 2.45) is 5.16 Å². The van der Waals surface area contributed by atoms with Gasteiger partial charge in [0.2, 0.25) is 0 Å². The number of aromatic amines is 1. The molecule has 24 nitrogen and oxygen atoms in total. The first-order valence-electron chi connectivity index (χ1n) is 24.6. The number of halogens is 1. The number of methoxy groups -OCH3 is 4. The van der Waals surface area contributed by atoms with Crippen molar-refractivity contribution in [3.63, 3.8) is 0 Å². The summed E-state index contributed by atoms with van der Waals surface area (Å²) in [7, 11) is 6.29. The number of oxime groups is 1. The highest BCUT2D eigenvalue weighted by atomic mass is 35.5.